The number of benzene rings is 2. The second kappa shape index (κ2) is 9.68. The van der Waals surface area contributed by atoms with E-state index in [2.05, 4.69) is 0 Å². The monoisotopic (exact) mass is 538 g/mol. The van der Waals surface area contributed by atoms with Crippen LogP contribution in [0.3, 0.4) is 0 Å². The molecule has 0 aliphatic carbocycles. The number of halogens is 9. The molecule has 0 radical (unpaired) electrons. The summed E-state index contributed by atoms with van der Waals surface area (Å²) in [5.41, 5.74) is -5.65. The minimum atomic E-state index is -5.12. The van der Waals surface area contributed by atoms with Crippen molar-refractivity contribution in [2.24, 2.45) is 0 Å². The minimum Gasteiger partial charge on any atom is -0.530 e. The molecule has 0 spiro atoms. The zero-order valence-corrected chi connectivity index (χ0v) is 18.9. The molecule has 0 N–H and O–H groups in total. The van der Waals surface area contributed by atoms with Crippen LogP contribution in [0.2, 0.25) is 0 Å². The van der Waals surface area contributed by atoms with E-state index in [0.717, 1.165) is 17.9 Å². The van der Waals surface area contributed by atoms with Crippen molar-refractivity contribution in [2.75, 3.05) is 11.4 Å². The fourth-order valence-electron chi connectivity index (χ4n) is 4.28. The van der Waals surface area contributed by atoms with E-state index >= 15 is 0 Å². The van der Waals surface area contributed by atoms with Crippen molar-refractivity contribution < 1.29 is 49.4 Å². The highest BCUT2D eigenvalue weighted by Crippen LogP contribution is 2.43. The zero-order valence-electron chi connectivity index (χ0n) is 18.9. The molecular formula is C23H17F9N3O2-. The summed E-state index contributed by atoms with van der Waals surface area (Å²) in [4.78, 5) is 13.0. The van der Waals surface area contributed by atoms with E-state index in [0.29, 0.717) is 23.1 Å². The van der Waals surface area contributed by atoms with E-state index in [-0.39, 0.29) is 36.6 Å². The van der Waals surface area contributed by atoms with Crippen molar-refractivity contribution in [2.45, 2.75) is 50.9 Å². The number of nitriles is 1. The van der Waals surface area contributed by atoms with Crippen LogP contribution in [-0.2, 0) is 25.1 Å². The third-order valence-electron chi connectivity index (χ3n) is 5.91. The lowest BCUT2D eigenvalue weighted by Gasteiger charge is -2.31. The van der Waals surface area contributed by atoms with Crippen molar-refractivity contribution >= 4 is 11.8 Å². The van der Waals surface area contributed by atoms with Gasteiger partial charge in [0.1, 0.15) is 6.09 Å². The van der Waals surface area contributed by atoms with Crippen molar-refractivity contribution in [1.82, 2.24) is 4.90 Å². The van der Waals surface area contributed by atoms with Crippen molar-refractivity contribution in [1.29, 1.82) is 5.26 Å². The molecule has 1 unspecified atom stereocenters. The van der Waals surface area contributed by atoms with Gasteiger partial charge in [-0.1, -0.05) is 6.07 Å². The van der Waals surface area contributed by atoms with Gasteiger partial charge < -0.3 is 14.8 Å². The van der Waals surface area contributed by atoms with E-state index in [1.807, 2.05) is 0 Å². The lowest BCUT2D eigenvalue weighted by atomic mass is 9.94. The molecule has 1 aliphatic rings. The van der Waals surface area contributed by atoms with E-state index in [1.165, 1.54) is 0 Å². The Bertz CT molecular complexity index is 1200. The SMILES string of the molecule is Cc1cc2c(cc1C(F)(F)F)N(C(=O)[O-])CCCC2N(C#N)Cc1cc(C(F)(F)F)cc(C(F)(F)F)c1. The van der Waals surface area contributed by atoms with E-state index in [1.54, 1.807) is 6.19 Å². The fourth-order valence-corrected chi connectivity index (χ4v) is 4.28. The Morgan fingerprint density at radius 1 is 1.00 bits per heavy atom. The van der Waals surface area contributed by atoms with Crippen molar-refractivity contribution in [3.05, 3.63) is 63.7 Å². The maximum absolute atomic E-state index is 13.5. The van der Waals surface area contributed by atoms with Gasteiger partial charge in [0.05, 0.1) is 29.3 Å². The molecule has 1 atom stereocenters. The highest BCUT2D eigenvalue weighted by molar-refractivity contribution is 5.86. The number of carbonyl (C=O) groups excluding carboxylic acids is 1. The fraction of sp³-hybridized carbons (Fsp3) is 0.391. The standard InChI is InChI=1S/C23H18F9N3O2/c1-12-5-16-18(3-2-4-35(20(36)37)19(16)9-17(12)23(30,31)32)34(11-33)10-13-6-14(21(24,25)26)8-15(7-13)22(27,28)29/h5-9,18H,2-4,10H2,1H3,(H,36,37)/p-1. The molecule has 0 bridgehead atoms. The van der Waals surface area contributed by atoms with Gasteiger partial charge in [-0.3, -0.25) is 4.90 Å². The molecule has 37 heavy (non-hydrogen) atoms. The highest BCUT2D eigenvalue weighted by atomic mass is 19.4. The van der Waals surface area contributed by atoms with Gasteiger partial charge in [-0.05, 0) is 60.7 Å². The Balaban J connectivity index is 2.13. The van der Waals surface area contributed by atoms with Crippen LogP contribution < -0.4 is 10.0 Å². The van der Waals surface area contributed by atoms with Gasteiger partial charge in [0.2, 0.25) is 0 Å². The molecule has 0 aromatic heterocycles. The summed E-state index contributed by atoms with van der Waals surface area (Å²) in [6, 6.07) is 1.28. The molecule has 0 saturated heterocycles. The Kier molecular flexibility index (Phi) is 7.31. The number of anilines is 1. The normalized spacial score (nSPS) is 16.6. The van der Waals surface area contributed by atoms with Crippen molar-refractivity contribution in [3.63, 3.8) is 0 Å². The van der Waals surface area contributed by atoms with Gasteiger partial charge in [0.15, 0.2) is 6.19 Å². The van der Waals surface area contributed by atoms with Crippen LogP contribution >= 0.6 is 0 Å². The number of carboxylic acid groups (broad SMARTS) is 1. The summed E-state index contributed by atoms with van der Waals surface area (Å²) in [5, 5.41) is 21.4. The number of alkyl halides is 9. The Hall–Kier alpha value is -3.63. The van der Waals surface area contributed by atoms with Crippen LogP contribution in [0.4, 0.5) is 50.0 Å². The van der Waals surface area contributed by atoms with Crippen LogP contribution in [0, 0.1) is 18.4 Å². The van der Waals surface area contributed by atoms with E-state index < -0.39 is 65.1 Å². The maximum atomic E-state index is 13.5. The highest BCUT2D eigenvalue weighted by Gasteiger charge is 2.39. The van der Waals surface area contributed by atoms with Gasteiger partial charge in [-0.15, -0.1) is 0 Å². The minimum absolute atomic E-state index is 0.0162. The molecule has 1 aliphatic heterocycles. The van der Waals surface area contributed by atoms with Gasteiger partial charge >= 0.3 is 18.5 Å². The Labute approximate surface area is 204 Å². The number of fused-ring (bicyclic) bond motifs is 1. The van der Waals surface area contributed by atoms with Gasteiger partial charge in [0.25, 0.3) is 0 Å². The van der Waals surface area contributed by atoms with Gasteiger partial charge in [-0.25, -0.2) is 0 Å². The molecular weight excluding hydrogens is 521 g/mol. The first-order valence-electron chi connectivity index (χ1n) is 10.6. The first-order valence-corrected chi connectivity index (χ1v) is 10.6. The summed E-state index contributed by atoms with van der Waals surface area (Å²) < 4.78 is 120. The quantitative estimate of drug-likeness (QED) is 0.272. The Morgan fingerprint density at radius 2 is 1.57 bits per heavy atom. The molecule has 1 heterocycles. The first kappa shape index (κ1) is 27.9. The molecule has 0 fully saturated rings. The molecule has 0 saturated carbocycles. The second-order valence-electron chi connectivity index (χ2n) is 8.44. The predicted octanol–water partition coefficient (Wildman–Crippen LogP) is 6.02. The van der Waals surface area contributed by atoms with Crippen LogP contribution in [-0.4, -0.2) is 17.5 Å². The summed E-state index contributed by atoms with van der Waals surface area (Å²) in [7, 11) is 0. The number of aryl methyl sites for hydroxylation is 1. The lowest BCUT2D eigenvalue weighted by molar-refractivity contribution is -0.246. The second-order valence-corrected chi connectivity index (χ2v) is 8.44. The first-order chi connectivity index (χ1) is 16.9. The summed E-state index contributed by atoms with van der Waals surface area (Å²) in [6.45, 7) is 0.0553. The number of carbonyl (C=O) groups is 1. The van der Waals surface area contributed by atoms with Crippen LogP contribution in [0.5, 0.6) is 0 Å². The summed E-state index contributed by atoms with van der Waals surface area (Å²) in [6.07, 6.45) is -15.2. The van der Waals surface area contributed by atoms with Crippen molar-refractivity contribution in [3.8, 4) is 6.19 Å². The summed E-state index contributed by atoms with van der Waals surface area (Å²) in [5.74, 6) is 0. The van der Waals surface area contributed by atoms with Crippen LogP contribution in [0.25, 0.3) is 0 Å². The number of amides is 1. The number of nitrogens with zero attached hydrogens (tertiary/aromatic N) is 3. The maximum Gasteiger partial charge on any atom is 0.416 e. The molecule has 14 heteroatoms. The Morgan fingerprint density at radius 3 is 2.03 bits per heavy atom. The van der Waals surface area contributed by atoms with Gasteiger partial charge in [-0.2, -0.15) is 44.8 Å². The average Bonchev–Trinajstić information content (AvgIpc) is 2.94. The molecule has 2 aromatic rings. The largest absolute Gasteiger partial charge is 0.530 e. The van der Waals surface area contributed by atoms with Crippen LogP contribution in [0.15, 0.2) is 30.3 Å². The molecule has 2 aromatic carbocycles. The number of hydrogen-bond donors (Lipinski definition) is 0. The third-order valence-corrected chi connectivity index (χ3v) is 5.91. The van der Waals surface area contributed by atoms with E-state index in [9.17, 15) is 54.7 Å². The predicted molar refractivity (Wildman–Crippen MR) is 109 cm³/mol. The molecule has 5 nitrogen and oxygen atoms in total. The number of rotatable bonds is 3. The molecule has 200 valence electrons. The average molecular weight is 538 g/mol. The topological polar surface area (TPSA) is 70.4 Å². The van der Waals surface area contributed by atoms with E-state index in [4.69, 9.17) is 0 Å². The number of hydrogen-bond acceptors (Lipinski definition) is 4. The smallest absolute Gasteiger partial charge is 0.416 e. The zero-order chi connectivity index (χ0) is 27.9. The molecule has 3 rings (SSSR count). The summed E-state index contributed by atoms with van der Waals surface area (Å²) >= 11 is 0. The van der Waals surface area contributed by atoms with Gasteiger partial charge in [0, 0.05) is 12.2 Å². The lowest BCUT2D eigenvalue weighted by Crippen LogP contribution is -2.42. The van der Waals surface area contributed by atoms with Crippen LogP contribution in [0.1, 0.15) is 52.3 Å². The molecule has 1 amide bonds. The third kappa shape index (κ3) is 6.03.